The quantitative estimate of drug-likeness (QED) is 0.0801. The molecule has 1 N–H and O–H groups in total. The van der Waals surface area contributed by atoms with Crippen LogP contribution in [0, 0.1) is 37.2 Å². The van der Waals surface area contributed by atoms with E-state index in [1.807, 2.05) is 33.9 Å². The van der Waals surface area contributed by atoms with Crippen LogP contribution in [0.25, 0.3) is 32.8 Å². The molecule has 4 rings (SSSR count). The average molecular weight is 757 g/mol. The molecule has 0 unspecified atom stereocenters. The van der Waals surface area contributed by atoms with Gasteiger partial charge in [-0.15, -0.1) is 34.9 Å². The van der Waals surface area contributed by atoms with Gasteiger partial charge in [-0.2, -0.15) is 0 Å². The minimum Gasteiger partial charge on any atom is -0.512 e. The third-order valence-corrected chi connectivity index (χ3v) is 8.08. The van der Waals surface area contributed by atoms with E-state index in [0.717, 1.165) is 48.9 Å². The molecular weight excluding hydrogens is 707 g/mol. The molecule has 0 saturated carbocycles. The monoisotopic (exact) mass is 757 g/mol. The number of carbonyl (C=O) groups excluding carboxylic acids is 1. The van der Waals surface area contributed by atoms with Gasteiger partial charge in [0.2, 0.25) is 0 Å². The fraction of sp³-hybridized carbons (Fsp3) is 0.436. The second kappa shape index (κ2) is 16.3. The van der Waals surface area contributed by atoms with Crippen molar-refractivity contribution in [2.45, 2.75) is 94.4 Å². The smallest absolute Gasteiger partial charge is 0.162 e. The molecule has 1 radical (unpaired) electrons. The second-order valence-electron chi connectivity index (χ2n) is 12.8. The average Bonchev–Trinajstić information content (AvgIpc) is 2.93. The van der Waals surface area contributed by atoms with E-state index >= 15 is 0 Å². The van der Waals surface area contributed by atoms with Crippen LogP contribution in [0.3, 0.4) is 0 Å². The molecule has 1 aromatic heterocycles. The van der Waals surface area contributed by atoms with E-state index in [9.17, 15) is 9.90 Å². The number of nitrogens with zero attached hydrogens (tertiary/aromatic N) is 1. The third-order valence-electron chi connectivity index (χ3n) is 8.08. The van der Waals surface area contributed by atoms with Crippen LogP contribution < -0.4 is 0 Å². The van der Waals surface area contributed by atoms with Crippen molar-refractivity contribution >= 4 is 27.3 Å². The Labute approximate surface area is 273 Å². The number of aliphatic hydroxyl groups excluding tert-OH is 1. The van der Waals surface area contributed by atoms with Gasteiger partial charge >= 0.3 is 0 Å². The van der Waals surface area contributed by atoms with Crippen LogP contribution in [-0.4, -0.2) is 15.9 Å². The number of hydrogen-bond acceptors (Lipinski definition) is 3. The van der Waals surface area contributed by atoms with E-state index in [4.69, 9.17) is 4.98 Å². The molecule has 0 aliphatic rings. The number of aliphatic hydroxyl groups is 1. The van der Waals surface area contributed by atoms with Gasteiger partial charge in [0.25, 0.3) is 0 Å². The Hall–Kier alpha value is -2.81. The maximum absolute atomic E-state index is 11.7. The molecular formula is C39H50IrNO2-. The third kappa shape index (κ3) is 9.59. The van der Waals surface area contributed by atoms with Gasteiger partial charge in [-0.25, -0.2) is 0 Å². The summed E-state index contributed by atoms with van der Waals surface area (Å²) in [7, 11) is 0. The zero-order valence-corrected chi connectivity index (χ0v) is 30.0. The summed E-state index contributed by atoms with van der Waals surface area (Å²) in [4.78, 5) is 16.5. The summed E-state index contributed by atoms with van der Waals surface area (Å²) < 4.78 is 0. The van der Waals surface area contributed by atoms with Crippen molar-refractivity contribution in [3.05, 3.63) is 89.3 Å². The number of fused-ring (bicyclic) bond motifs is 3. The minimum atomic E-state index is 0. The van der Waals surface area contributed by atoms with Crippen molar-refractivity contribution in [1.29, 1.82) is 0 Å². The summed E-state index contributed by atoms with van der Waals surface area (Å²) in [6.07, 6.45) is 7.87. The first-order chi connectivity index (χ1) is 19.9. The Balaban J connectivity index is 0.000000348. The Morgan fingerprint density at radius 2 is 1.56 bits per heavy atom. The van der Waals surface area contributed by atoms with Crippen molar-refractivity contribution in [3.8, 4) is 11.3 Å². The SMILES string of the molecule is CCC(CC)C(=O)/C=C(\O)C(CC)CC.Cc1[c-]c(-c2nccc3ccc4c(CC(C)(C)C)cccc4c23)cc(C)c1.[Ir]. The van der Waals surface area contributed by atoms with E-state index in [0.29, 0.717) is 0 Å². The number of allylic oxidation sites excluding steroid dienone is 2. The number of ketones is 1. The van der Waals surface area contributed by atoms with Gasteiger partial charge in [-0.3, -0.25) is 4.79 Å². The van der Waals surface area contributed by atoms with Gasteiger partial charge in [0.15, 0.2) is 5.78 Å². The zero-order valence-electron chi connectivity index (χ0n) is 27.6. The van der Waals surface area contributed by atoms with Crippen molar-refractivity contribution in [1.82, 2.24) is 4.98 Å². The summed E-state index contributed by atoms with van der Waals surface area (Å²) in [6, 6.07) is 21.2. The fourth-order valence-electron chi connectivity index (χ4n) is 5.83. The van der Waals surface area contributed by atoms with Crippen LogP contribution in [0.1, 0.15) is 90.8 Å². The normalized spacial score (nSPS) is 11.9. The summed E-state index contributed by atoms with van der Waals surface area (Å²) >= 11 is 0. The molecule has 0 aliphatic carbocycles. The maximum atomic E-state index is 11.7. The first kappa shape index (κ1) is 36.4. The van der Waals surface area contributed by atoms with Gasteiger partial charge in [-0.05, 0) is 76.4 Å². The molecule has 0 bridgehead atoms. The van der Waals surface area contributed by atoms with E-state index in [2.05, 4.69) is 89.2 Å². The summed E-state index contributed by atoms with van der Waals surface area (Å²) in [5.74, 6) is 0.547. The molecule has 1 heterocycles. The fourth-order valence-corrected chi connectivity index (χ4v) is 5.83. The summed E-state index contributed by atoms with van der Waals surface area (Å²) in [6.45, 7) is 19.2. The summed E-state index contributed by atoms with van der Waals surface area (Å²) in [5.41, 5.74) is 6.15. The van der Waals surface area contributed by atoms with E-state index in [1.165, 1.54) is 38.7 Å². The molecule has 0 saturated heterocycles. The standard InChI is InChI=1S/C26H26N.C13H24O2.Ir/c1-17-13-18(2)15-21(14-17)25-24-19(11-12-27-25)9-10-22-20(16-26(3,4)5)7-6-8-23(22)24;1-5-10(6-2)12(14)9-13(15)11(7-3)8-4;/h6-14H,16H2,1-5H3;9-11,14H,5-8H2,1-4H3;/q-1;;/b;12-9-;. The van der Waals surface area contributed by atoms with Crippen LogP contribution in [0.15, 0.2) is 66.6 Å². The Morgan fingerprint density at radius 3 is 2.14 bits per heavy atom. The van der Waals surface area contributed by atoms with Crippen molar-refractivity contribution < 1.29 is 30.0 Å². The number of pyridine rings is 1. The predicted octanol–water partition coefficient (Wildman–Crippen LogP) is 10.9. The topological polar surface area (TPSA) is 50.2 Å². The van der Waals surface area contributed by atoms with Crippen LogP contribution in [-0.2, 0) is 31.3 Å². The molecule has 0 aliphatic heterocycles. The molecule has 4 heteroatoms. The van der Waals surface area contributed by atoms with Crippen molar-refractivity contribution in [2.75, 3.05) is 0 Å². The Kier molecular flexibility index (Phi) is 13.8. The van der Waals surface area contributed by atoms with Crippen LogP contribution >= 0.6 is 0 Å². The Bertz CT molecular complexity index is 1520. The molecule has 4 aromatic rings. The molecule has 233 valence electrons. The molecule has 0 spiro atoms. The number of rotatable bonds is 9. The molecule has 3 aromatic carbocycles. The molecule has 43 heavy (non-hydrogen) atoms. The number of aryl methyl sites for hydroxylation is 2. The van der Waals surface area contributed by atoms with Gasteiger partial charge in [-0.1, -0.05) is 92.6 Å². The second-order valence-corrected chi connectivity index (χ2v) is 12.8. The van der Waals surface area contributed by atoms with Gasteiger partial charge in [0.1, 0.15) is 0 Å². The molecule has 0 fully saturated rings. The van der Waals surface area contributed by atoms with Crippen LogP contribution in [0.2, 0.25) is 0 Å². The predicted molar refractivity (Wildman–Crippen MR) is 180 cm³/mol. The number of hydrogen-bond donors (Lipinski definition) is 1. The maximum Gasteiger partial charge on any atom is 0.162 e. The number of benzene rings is 3. The largest absolute Gasteiger partial charge is 0.512 e. The number of aromatic nitrogens is 1. The molecule has 3 nitrogen and oxygen atoms in total. The van der Waals surface area contributed by atoms with Gasteiger partial charge in [0, 0.05) is 44.2 Å². The Morgan fingerprint density at radius 1 is 0.907 bits per heavy atom. The zero-order chi connectivity index (χ0) is 31.0. The minimum absolute atomic E-state index is 0. The first-order valence-electron chi connectivity index (χ1n) is 15.7. The summed E-state index contributed by atoms with van der Waals surface area (Å²) in [5, 5.41) is 14.8. The van der Waals surface area contributed by atoms with Crippen LogP contribution in [0.5, 0.6) is 0 Å². The molecule has 0 amide bonds. The first-order valence-corrected chi connectivity index (χ1v) is 15.7. The van der Waals surface area contributed by atoms with Gasteiger partial charge in [0.05, 0.1) is 5.76 Å². The van der Waals surface area contributed by atoms with E-state index < -0.39 is 0 Å². The van der Waals surface area contributed by atoms with Crippen molar-refractivity contribution in [3.63, 3.8) is 0 Å². The van der Waals surface area contributed by atoms with Gasteiger partial charge < -0.3 is 10.1 Å². The van der Waals surface area contributed by atoms with Crippen LogP contribution in [0.4, 0.5) is 0 Å². The van der Waals surface area contributed by atoms with E-state index in [1.54, 1.807) is 0 Å². The number of carbonyl (C=O) groups is 1. The van der Waals surface area contributed by atoms with E-state index in [-0.39, 0.29) is 48.9 Å². The van der Waals surface area contributed by atoms with Crippen molar-refractivity contribution in [2.24, 2.45) is 17.3 Å². The molecule has 0 atom stereocenters.